The molecule has 0 spiro atoms. The quantitative estimate of drug-likeness (QED) is 0.0160. The van der Waals surface area contributed by atoms with Gasteiger partial charge in [-0.3, -0.25) is 33.7 Å². The van der Waals surface area contributed by atoms with Crippen molar-refractivity contribution in [3.63, 3.8) is 0 Å². The van der Waals surface area contributed by atoms with Gasteiger partial charge in [0.05, 0.1) is 44.6 Å². The van der Waals surface area contributed by atoms with Crippen LogP contribution in [0.2, 0.25) is 0 Å². The molecule has 3 heterocycles. The Hall–Kier alpha value is -8.84. The van der Waals surface area contributed by atoms with Crippen molar-refractivity contribution in [3.05, 3.63) is 83.6 Å². The molecular weight excluding hydrogens is 1170 g/mol. The molecule has 25 nitrogen and oxygen atoms in total. The number of primary amides is 1. The summed E-state index contributed by atoms with van der Waals surface area (Å²) >= 11 is 6.57. The van der Waals surface area contributed by atoms with E-state index in [0.717, 1.165) is 10.9 Å². The smallest absolute Gasteiger partial charge is 0.415 e. The number of carbonyl (C=O) groups is 9. The Morgan fingerprint density at radius 1 is 0.809 bits per heavy atom. The zero-order valence-electron chi connectivity index (χ0n) is 52.2. The van der Waals surface area contributed by atoms with Crippen LogP contribution in [0.25, 0.3) is 21.7 Å². The summed E-state index contributed by atoms with van der Waals surface area (Å²) in [5.41, 5.74) is 6.60. The second-order valence-corrected chi connectivity index (χ2v) is 23.9. The van der Waals surface area contributed by atoms with Gasteiger partial charge in [-0.1, -0.05) is 50.2 Å². The van der Waals surface area contributed by atoms with E-state index in [4.69, 9.17) is 45.8 Å². The van der Waals surface area contributed by atoms with E-state index in [9.17, 15) is 43.2 Å². The van der Waals surface area contributed by atoms with E-state index in [1.807, 2.05) is 24.3 Å². The number of benzene rings is 4. The second-order valence-electron chi connectivity index (χ2n) is 23.6. The summed E-state index contributed by atoms with van der Waals surface area (Å²) < 4.78 is 34.4. The van der Waals surface area contributed by atoms with Gasteiger partial charge in [0.1, 0.15) is 30.1 Å². The molecule has 7 N–H and O–H groups in total. The molecule has 5 aromatic rings. The molecule has 480 valence electrons. The number of nitrogens with two attached hydrogens (primary N) is 1. The number of ether oxygens (including phenoxy) is 6. The number of halogens is 1. The zero-order valence-corrected chi connectivity index (χ0v) is 53.0. The first-order valence-electron chi connectivity index (χ1n) is 29.3. The molecule has 1 saturated heterocycles. The van der Waals surface area contributed by atoms with Crippen molar-refractivity contribution < 1.29 is 71.6 Å². The van der Waals surface area contributed by atoms with E-state index in [2.05, 4.69) is 26.3 Å². The summed E-state index contributed by atoms with van der Waals surface area (Å²) in [4.78, 5) is 127. The number of likely N-dealkylation sites (N-methyl/N-ethyl adjacent to an activating group) is 2. The van der Waals surface area contributed by atoms with Crippen molar-refractivity contribution in [2.45, 2.75) is 116 Å². The minimum absolute atomic E-state index is 0.0556. The van der Waals surface area contributed by atoms with Crippen molar-refractivity contribution in [1.82, 2.24) is 35.6 Å². The third-order valence-corrected chi connectivity index (χ3v) is 16.1. The number of carbonyl (C=O) groups excluding carboxylic acids is 9. The number of hydrogen-bond acceptors (Lipinski definition) is 15. The van der Waals surface area contributed by atoms with Crippen molar-refractivity contribution in [2.75, 3.05) is 84.3 Å². The Morgan fingerprint density at radius 3 is 2.08 bits per heavy atom. The largest absolute Gasteiger partial charge is 0.493 e. The Labute approximate surface area is 521 Å². The number of alkyl halides is 1. The number of urea groups is 1. The van der Waals surface area contributed by atoms with Crippen LogP contribution in [-0.2, 0) is 40.1 Å². The first-order valence-corrected chi connectivity index (χ1v) is 29.8. The van der Waals surface area contributed by atoms with Crippen molar-refractivity contribution in [2.24, 2.45) is 11.7 Å². The van der Waals surface area contributed by atoms with Gasteiger partial charge >= 0.3 is 18.2 Å². The number of imide groups is 1. The average molecular weight is 1250 g/mol. The Morgan fingerprint density at radius 2 is 1.46 bits per heavy atom. The minimum atomic E-state index is -1.11. The van der Waals surface area contributed by atoms with Gasteiger partial charge in [-0.25, -0.2) is 14.4 Å². The van der Waals surface area contributed by atoms with Gasteiger partial charge in [-0.05, 0) is 93.7 Å². The van der Waals surface area contributed by atoms with Crippen molar-refractivity contribution in [3.8, 4) is 23.0 Å². The van der Waals surface area contributed by atoms with Gasteiger partial charge in [0.2, 0.25) is 35.3 Å². The van der Waals surface area contributed by atoms with E-state index in [1.54, 1.807) is 88.9 Å². The molecule has 0 aliphatic carbocycles. The van der Waals surface area contributed by atoms with Crippen LogP contribution in [0.3, 0.4) is 0 Å². The second kappa shape index (κ2) is 29.4. The number of anilines is 2. The summed E-state index contributed by atoms with van der Waals surface area (Å²) in [6, 6.07) is 16.1. The number of methoxy groups -OCH3 is 3. The van der Waals surface area contributed by atoms with Crippen molar-refractivity contribution >= 4 is 98.3 Å². The summed E-state index contributed by atoms with van der Waals surface area (Å²) in [6.45, 7) is 11.0. The number of rotatable bonds is 28. The normalized spacial score (nSPS) is 14.7. The number of H-pyrrole nitrogens is 1. The number of nitrogens with one attached hydrogen (secondary N) is 5. The van der Waals surface area contributed by atoms with Crippen LogP contribution in [0, 0.1) is 5.92 Å². The van der Waals surface area contributed by atoms with Crippen LogP contribution in [0.1, 0.15) is 108 Å². The lowest BCUT2D eigenvalue weighted by Crippen LogP contribution is -2.55. The van der Waals surface area contributed by atoms with Gasteiger partial charge in [-0.15, -0.1) is 11.6 Å². The molecule has 0 radical (unpaired) electrons. The summed E-state index contributed by atoms with van der Waals surface area (Å²) in [5.74, 6) is -1.55. The molecule has 4 aromatic carbocycles. The monoisotopic (exact) mass is 1250 g/mol. The first-order chi connectivity index (χ1) is 42.2. The number of nitrogens with zero attached hydrogens (tertiary/aromatic N) is 4. The lowest BCUT2D eigenvalue weighted by atomic mass is 9.95. The van der Waals surface area contributed by atoms with Gasteiger partial charge in [0.25, 0.3) is 5.91 Å². The fraction of sp³-hybridized carbons (Fsp3) is 0.476. The van der Waals surface area contributed by atoms with E-state index in [-0.39, 0.29) is 112 Å². The predicted molar refractivity (Wildman–Crippen MR) is 334 cm³/mol. The molecule has 3 atom stereocenters. The predicted octanol–water partition coefficient (Wildman–Crippen LogP) is 7.54. The molecule has 2 aliphatic rings. The Balaban J connectivity index is 0.914. The van der Waals surface area contributed by atoms with Crippen LogP contribution < -0.4 is 50.8 Å². The first kappa shape index (κ1) is 67.7. The topological polar surface area (TPSA) is 312 Å². The van der Waals surface area contributed by atoms with Gasteiger partial charge < -0.3 is 75.1 Å². The fourth-order valence-corrected chi connectivity index (χ4v) is 11.1. The third kappa shape index (κ3) is 16.5. The fourth-order valence-electron chi connectivity index (χ4n) is 10.8. The van der Waals surface area contributed by atoms with Gasteiger partial charge in [0.15, 0.2) is 11.5 Å². The van der Waals surface area contributed by atoms with Crippen LogP contribution in [0.5, 0.6) is 23.0 Å². The number of amides is 10. The van der Waals surface area contributed by atoms with Crippen LogP contribution >= 0.6 is 11.6 Å². The Kier molecular flexibility index (Phi) is 22.4. The maximum absolute atomic E-state index is 14.5. The molecule has 10 amide bonds. The minimum Gasteiger partial charge on any atom is -0.493 e. The van der Waals surface area contributed by atoms with Gasteiger partial charge in [-0.2, -0.15) is 0 Å². The molecule has 89 heavy (non-hydrogen) atoms. The highest BCUT2D eigenvalue weighted by Gasteiger charge is 2.41. The zero-order chi connectivity index (χ0) is 65.1. The summed E-state index contributed by atoms with van der Waals surface area (Å²) in [6.07, 6.45) is -0.487. The van der Waals surface area contributed by atoms with Crippen LogP contribution in [-0.4, -0.2) is 171 Å². The molecule has 1 aromatic heterocycles. The maximum Gasteiger partial charge on any atom is 0.415 e. The van der Waals surface area contributed by atoms with E-state index >= 15 is 0 Å². The number of hydrogen-bond donors (Lipinski definition) is 6. The molecule has 0 saturated carbocycles. The molecular formula is C63H81ClN10O15. The lowest BCUT2D eigenvalue weighted by molar-refractivity contribution is -0.145. The van der Waals surface area contributed by atoms with Crippen LogP contribution in [0.15, 0.2) is 66.7 Å². The maximum atomic E-state index is 14.5. The lowest BCUT2D eigenvalue weighted by Gasteiger charge is -2.35. The number of likely N-dealkylation sites (tertiary alicyclic amines) is 1. The molecule has 1 unspecified atom stereocenters. The number of aromatic nitrogens is 1. The Bertz CT molecular complexity index is 3440. The van der Waals surface area contributed by atoms with Crippen LogP contribution in [0.4, 0.5) is 25.8 Å². The molecule has 1 fully saturated rings. The third-order valence-electron chi connectivity index (χ3n) is 15.7. The number of fused-ring (bicyclic) bond motifs is 4. The van der Waals surface area contributed by atoms with E-state index in [1.165, 1.54) is 50.1 Å². The summed E-state index contributed by atoms with van der Waals surface area (Å²) in [5, 5.41) is 12.9. The van der Waals surface area contributed by atoms with E-state index < -0.39 is 65.1 Å². The molecule has 0 bridgehead atoms. The SMILES string of the molecule is COc1cc2cc(C(=O)N3C[C@@H](CCl)c4c3cc(OC(=O)N(C)CCN(C)C(=O)OCc3ccc(NC(=O)[C@H](CCCNC(N)=O)NC(=O)C(NC(=O)CC(C)(C)OCCC(C)(C)N5C(=O)CCC5=O)C(C)C)cc3)c3ccccc43)[nH]c2c(OC)c1OC. The highest BCUT2D eigenvalue weighted by Crippen LogP contribution is 2.47. The molecule has 26 heteroatoms. The standard InChI is InChI=1S/C63H81ClN10O15/c1-36(2)52(70-48(75)32-63(5,6)88-28-24-62(3,4)74-49(76)22-23-50(74)77)57(79)69-43(17-14-25-66-59(65)81)56(78)67-40-20-18-37(19-21-40)35-87-60(82)71(7)26-27-72(8)61(83)89-46-31-45-51(42-16-13-12-15-41(42)46)39(33-64)34-73(45)58(80)44-29-38-30-47(84-9)54(85-10)55(86-11)53(38)68-44/h12-13,15-16,18-21,29-31,36,39,43,52,68H,14,17,22-28,32-35H2,1-11H3,(H,67,78)(H,69,79)(H,70,75)(H3,65,66,81)/t39-,43+,52?/m1/s1. The van der Waals surface area contributed by atoms with Gasteiger partial charge in [0, 0.05) is 99.6 Å². The van der Waals surface area contributed by atoms with Crippen molar-refractivity contribution in [1.29, 1.82) is 0 Å². The number of aromatic amines is 1. The summed E-state index contributed by atoms with van der Waals surface area (Å²) in [7, 11) is 7.55. The highest BCUT2D eigenvalue weighted by molar-refractivity contribution is 6.19. The average Bonchev–Trinajstić information content (AvgIpc) is 1.64. The highest BCUT2D eigenvalue weighted by atomic mass is 35.5. The van der Waals surface area contributed by atoms with E-state index in [0.29, 0.717) is 56.9 Å². The molecule has 2 aliphatic heterocycles. The molecule has 7 rings (SSSR count).